The molecule has 0 amide bonds. The van der Waals surface area contributed by atoms with Crippen LogP contribution in [-0.2, 0) is 17.9 Å². The first-order valence-corrected chi connectivity index (χ1v) is 10.2. The molecule has 0 aromatic carbocycles. The summed E-state index contributed by atoms with van der Waals surface area (Å²) in [6.07, 6.45) is 11.5. The molecule has 2 aromatic heterocycles. The number of hydrogen-bond acceptors (Lipinski definition) is 8. The minimum atomic E-state index is -0.333. The summed E-state index contributed by atoms with van der Waals surface area (Å²) in [5.41, 5.74) is 4.90. The number of carbonyl (C=O) groups is 1. The van der Waals surface area contributed by atoms with E-state index in [1.54, 1.807) is 19.3 Å². The fraction of sp³-hybridized carbons (Fsp3) is 0.619. The van der Waals surface area contributed by atoms with Crippen molar-refractivity contribution in [3.05, 3.63) is 35.7 Å². The molecular formula is C21H31N5O3. The molecule has 2 aromatic rings. The van der Waals surface area contributed by atoms with E-state index in [-0.39, 0.29) is 5.54 Å². The van der Waals surface area contributed by atoms with Crippen LogP contribution in [0.2, 0.25) is 0 Å². The van der Waals surface area contributed by atoms with E-state index in [0.717, 1.165) is 62.9 Å². The summed E-state index contributed by atoms with van der Waals surface area (Å²) in [7, 11) is 0. The van der Waals surface area contributed by atoms with E-state index in [2.05, 4.69) is 21.4 Å². The molecule has 3 N–H and O–H groups in total. The van der Waals surface area contributed by atoms with Crippen molar-refractivity contribution in [1.29, 1.82) is 5.26 Å². The van der Waals surface area contributed by atoms with E-state index in [9.17, 15) is 4.79 Å². The maximum absolute atomic E-state index is 10.2. The van der Waals surface area contributed by atoms with Crippen LogP contribution in [0.5, 0.6) is 0 Å². The number of ketones is 1. The number of Topliss-reactive ketones (excluding diaryl/α,β-unsaturated/α-hetero) is 1. The number of aromatic nitrogens is 2. The summed E-state index contributed by atoms with van der Waals surface area (Å²) in [6, 6.07) is 2.38. The highest BCUT2D eigenvalue weighted by molar-refractivity contribution is 5.80. The number of aryl methyl sites for hydroxylation is 2. The third-order valence-electron chi connectivity index (χ3n) is 4.97. The van der Waals surface area contributed by atoms with Crippen LogP contribution in [0.3, 0.4) is 0 Å². The van der Waals surface area contributed by atoms with E-state index in [1.807, 2.05) is 6.92 Å². The fourth-order valence-electron chi connectivity index (χ4n) is 3.32. The van der Waals surface area contributed by atoms with E-state index in [4.69, 9.17) is 19.8 Å². The fourth-order valence-corrected chi connectivity index (χ4v) is 3.32. The average molecular weight is 402 g/mol. The van der Waals surface area contributed by atoms with Crippen LogP contribution < -0.4 is 11.1 Å². The Kier molecular flexibility index (Phi) is 9.03. The number of carbonyl (C=O) groups excluding carboxylic acids is 1. The number of hydrogen-bond donors (Lipinski definition) is 2. The molecule has 0 unspecified atom stereocenters. The second-order valence-corrected chi connectivity index (χ2v) is 7.40. The van der Waals surface area contributed by atoms with Gasteiger partial charge in [0.1, 0.15) is 22.8 Å². The van der Waals surface area contributed by atoms with Crippen LogP contribution in [-0.4, -0.2) is 21.3 Å². The summed E-state index contributed by atoms with van der Waals surface area (Å²) in [5.74, 6) is 3.33. The van der Waals surface area contributed by atoms with Crippen molar-refractivity contribution in [3.63, 3.8) is 0 Å². The van der Waals surface area contributed by atoms with Gasteiger partial charge in [-0.05, 0) is 25.7 Å². The maximum Gasteiger partial charge on any atom is 0.191 e. The molecule has 0 bridgehead atoms. The highest BCUT2D eigenvalue weighted by Crippen LogP contribution is 2.29. The van der Waals surface area contributed by atoms with Crippen molar-refractivity contribution in [2.75, 3.05) is 0 Å². The van der Waals surface area contributed by atoms with Crippen LogP contribution >= 0.6 is 0 Å². The smallest absolute Gasteiger partial charge is 0.191 e. The molecule has 2 aliphatic carbocycles. The van der Waals surface area contributed by atoms with Gasteiger partial charge in [0.15, 0.2) is 11.8 Å². The van der Waals surface area contributed by atoms with Gasteiger partial charge in [0.2, 0.25) is 0 Å². The van der Waals surface area contributed by atoms with E-state index < -0.39 is 0 Å². The van der Waals surface area contributed by atoms with Gasteiger partial charge in [0.25, 0.3) is 0 Å². The lowest BCUT2D eigenvalue weighted by Gasteiger charge is -2.20. The van der Waals surface area contributed by atoms with Crippen molar-refractivity contribution < 1.29 is 13.6 Å². The summed E-state index contributed by atoms with van der Waals surface area (Å²) < 4.78 is 10.3. The lowest BCUT2D eigenvalue weighted by molar-refractivity contribution is -0.117. The Balaban J connectivity index is 0.000000178. The number of nitrogens with one attached hydrogen (secondary N) is 1. The molecule has 0 atom stereocenters. The Hall–Kier alpha value is -2.50. The summed E-state index contributed by atoms with van der Waals surface area (Å²) in [5, 5.41) is 12.4. The monoisotopic (exact) mass is 401 g/mol. The second kappa shape index (κ2) is 11.5. The van der Waals surface area contributed by atoms with Gasteiger partial charge in [-0.15, -0.1) is 0 Å². The first-order valence-electron chi connectivity index (χ1n) is 10.2. The highest BCUT2D eigenvalue weighted by Gasteiger charge is 2.33. The van der Waals surface area contributed by atoms with E-state index in [0.29, 0.717) is 30.7 Å². The van der Waals surface area contributed by atoms with Gasteiger partial charge in [0.05, 0.1) is 31.6 Å². The van der Waals surface area contributed by atoms with Gasteiger partial charge >= 0.3 is 0 Å². The van der Waals surface area contributed by atoms with Crippen LogP contribution in [0.25, 0.3) is 0 Å². The predicted octanol–water partition coefficient (Wildman–Crippen LogP) is 3.48. The zero-order valence-corrected chi connectivity index (χ0v) is 17.4. The Bertz CT molecular complexity index is 791. The van der Waals surface area contributed by atoms with Crippen LogP contribution in [0.1, 0.15) is 74.7 Å². The molecule has 0 spiro atoms. The molecular weight excluding hydrogens is 370 g/mol. The van der Waals surface area contributed by atoms with E-state index in [1.165, 1.54) is 0 Å². The Morgan fingerprint density at radius 2 is 1.62 bits per heavy atom. The summed E-state index contributed by atoms with van der Waals surface area (Å²) in [4.78, 5) is 18.1. The Morgan fingerprint density at radius 1 is 1.07 bits per heavy atom. The van der Waals surface area contributed by atoms with Crippen LogP contribution in [0.15, 0.2) is 21.2 Å². The zero-order chi connectivity index (χ0) is 21.1. The van der Waals surface area contributed by atoms with Crippen LogP contribution in [0, 0.1) is 25.2 Å². The molecule has 2 saturated carbocycles. The number of nitrogens with zero attached hydrogens (tertiary/aromatic N) is 3. The first kappa shape index (κ1) is 22.8. The average Bonchev–Trinajstić information content (AvgIpc) is 3.50. The second-order valence-electron chi connectivity index (χ2n) is 7.40. The highest BCUT2D eigenvalue weighted by atomic mass is 16.4. The van der Waals surface area contributed by atoms with Crippen molar-refractivity contribution in [3.8, 4) is 6.07 Å². The quantitative estimate of drug-likeness (QED) is 0.796. The minimum absolute atomic E-state index is 0.333. The van der Waals surface area contributed by atoms with Crippen molar-refractivity contribution >= 4 is 5.78 Å². The summed E-state index contributed by atoms with van der Waals surface area (Å²) in [6.45, 7) is 4.63. The van der Waals surface area contributed by atoms with Gasteiger partial charge in [-0.1, -0.05) is 12.8 Å². The van der Waals surface area contributed by atoms with Crippen molar-refractivity contribution in [2.45, 2.75) is 83.8 Å². The Morgan fingerprint density at radius 3 is 1.97 bits per heavy atom. The van der Waals surface area contributed by atoms with Gasteiger partial charge in [-0.3, -0.25) is 10.1 Å². The SMILES string of the molecule is Cc1ncc(CN)o1.Cc1ncc(CNC2(C#N)CCCC2)o1.O=C1CCCC1. The van der Waals surface area contributed by atoms with Gasteiger partial charge in [0, 0.05) is 26.7 Å². The zero-order valence-electron chi connectivity index (χ0n) is 17.4. The molecule has 0 saturated heterocycles. The molecule has 8 nitrogen and oxygen atoms in total. The maximum atomic E-state index is 10.2. The molecule has 4 rings (SSSR count). The number of oxazole rings is 2. The first-order chi connectivity index (χ1) is 14.0. The molecule has 158 valence electrons. The molecule has 8 heteroatoms. The van der Waals surface area contributed by atoms with Crippen LogP contribution in [0.4, 0.5) is 0 Å². The number of rotatable bonds is 4. The van der Waals surface area contributed by atoms with Gasteiger partial charge in [-0.25, -0.2) is 9.97 Å². The molecule has 2 aliphatic rings. The predicted molar refractivity (Wildman–Crippen MR) is 107 cm³/mol. The largest absolute Gasteiger partial charge is 0.445 e. The Labute approximate surface area is 171 Å². The standard InChI is InChI=1S/C11H15N3O.C5H8N2O.C5H8O/c1-9-13-6-10(15-9)7-14-11(8-12)4-2-3-5-11;1-4-7-3-5(2-6)8-4;6-5-3-1-2-4-5/h6,14H,2-5,7H2,1H3;3H,2,6H2,1H3;1-4H2. The lowest BCUT2D eigenvalue weighted by atomic mass is 10.00. The number of nitrogens with two attached hydrogens (primary N) is 1. The summed E-state index contributed by atoms with van der Waals surface area (Å²) >= 11 is 0. The third-order valence-corrected chi connectivity index (χ3v) is 4.97. The van der Waals surface area contributed by atoms with Gasteiger partial charge in [-0.2, -0.15) is 5.26 Å². The minimum Gasteiger partial charge on any atom is -0.445 e. The molecule has 29 heavy (non-hydrogen) atoms. The topological polar surface area (TPSA) is 131 Å². The molecule has 2 heterocycles. The van der Waals surface area contributed by atoms with Gasteiger partial charge < -0.3 is 14.6 Å². The number of nitriles is 1. The molecule has 0 aliphatic heterocycles. The lowest BCUT2D eigenvalue weighted by Crippen LogP contribution is -2.40. The molecule has 2 fully saturated rings. The molecule has 0 radical (unpaired) electrons. The normalized spacial score (nSPS) is 17.1. The third kappa shape index (κ3) is 7.80. The van der Waals surface area contributed by atoms with Crippen molar-refractivity contribution in [2.24, 2.45) is 5.73 Å². The van der Waals surface area contributed by atoms with E-state index >= 15 is 0 Å². The van der Waals surface area contributed by atoms with Crippen molar-refractivity contribution in [1.82, 2.24) is 15.3 Å².